The van der Waals surface area contributed by atoms with E-state index in [2.05, 4.69) is 20.7 Å². The molecule has 20 heavy (non-hydrogen) atoms. The average Bonchev–Trinajstić information content (AvgIpc) is 2.48. The van der Waals surface area contributed by atoms with E-state index >= 15 is 0 Å². The Kier molecular flexibility index (Phi) is 4.70. The second-order valence-corrected chi connectivity index (χ2v) is 4.49. The Labute approximate surface area is 117 Å². The lowest BCUT2D eigenvalue weighted by Crippen LogP contribution is -2.54. The molecule has 8 heteroatoms. The maximum atomic E-state index is 12.1. The van der Waals surface area contributed by atoms with Crippen LogP contribution in [0.2, 0.25) is 0 Å². The van der Waals surface area contributed by atoms with Crippen molar-refractivity contribution in [1.29, 1.82) is 0 Å². The van der Waals surface area contributed by atoms with Gasteiger partial charge in [-0.1, -0.05) is 0 Å². The second kappa shape index (κ2) is 6.49. The lowest BCUT2D eigenvalue weighted by molar-refractivity contribution is -0.124. The normalized spacial score (nSPS) is 18.8. The first-order valence-corrected chi connectivity index (χ1v) is 6.59. The van der Waals surface area contributed by atoms with Crippen LogP contribution in [0.4, 0.5) is 11.6 Å². The summed E-state index contributed by atoms with van der Waals surface area (Å²) in [7, 11) is 0. The highest BCUT2D eigenvalue weighted by molar-refractivity contribution is 5.85. The average molecular weight is 280 g/mol. The van der Waals surface area contributed by atoms with Crippen molar-refractivity contribution >= 4 is 17.5 Å². The van der Waals surface area contributed by atoms with E-state index < -0.39 is 0 Å². The van der Waals surface area contributed by atoms with Gasteiger partial charge in [0.05, 0.1) is 13.2 Å². The Balaban J connectivity index is 2.30. The van der Waals surface area contributed by atoms with Gasteiger partial charge >= 0.3 is 0 Å². The predicted molar refractivity (Wildman–Crippen MR) is 75.2 cm³/mol. The summed E-state index contributed by atoms with van der Waals surface area (Å²) >= 11 is 0. The second-order valence-electron chi connectivity index (χ2n) is 4.49. The standard InChI is InChI=1S/C12H20N6O2/c1-3-14-12(19)9-6-20-5-4-18(9)11-8(2)10(17-13)15-7-16-11/h7,9H,3-6,13H2,1-2H3,(H,14,19)(H,15,16,17). The van der Waals surface area contributed by atoms with E-state index in [-0.39, 0.29) is 11.9 Å². The van der Waals surface area contributed by atoms with Crippen molar-refractivity contribution < 1.29 is 9.53 Å². The number of morpholine rings is 1. The molecule has 0 aliphatic carbocycles. The SMILES string of the molecule is CCNC(=O)C1COCCN1c1ncnc(NN)c1C. The number of aromatic nitrogens is 2. The number of amides is 1. The zero-order valence-electron chi connectivity index (χ0n) is 11.7. The van der Waals surface area contributed by atoms with Crippen LogP contribution in [0.25, 0.3) is 0 Å². The number of hydrogen-bond donors (Lipinski definition) is 3. The van der Waals surface area contributed by atoms with E-state index in [1.165, 1.54) is 6.33 Å². The number of anilines is 2. The van der Waals surface area contributed by atoms with Gasteiger partial charge in [-0.05, 0) is 13.8 Å². The van der Waals surface area contributed by atoms with E-state index in [1.54, 1.807) is 0 Å². The van der Waals surface area contributed by atoms with Crippen LogP contribution in [0.5, 0.6) is 0 Å². The van der Waals surface area contributed by atoms with Gasteiger partial charge in [0.25, 0.3) is 0 Å². The summed E-state index contributed by atoms with van der Waals surface area (Å²) in [6.07, 6.45) is 1.43. The van der Waals surface area contributed by atoms with Gasteiger partial charge in [0.15, 0.2) is 0 Å². The minimum absolute atomic E-state index is 0.0625. The van der Waals surface area contributed by atoms with Crippen molar-refractivity contribution in [3.05, 3.63) is 11.9 Å². The number of likely N-dealkylation sites (N-methyl/N-ethyl adjacent to an activating group) is 1. The van der Waals surface area contributed by atoms with Crippen molar-refractivity contribution in [1.82, 2.24) is 15.3 Å². The highest BCUT2D eigenvalue weighted by Gasteiger charge is 2.31. The number of nitrogens with two attached hydrogens (primary N) is 1. The molecule has 0 aromatic carbocycles. The van der Waals surface area contributed by atoms with Gasteiger partial charge in [-0.15, -0.1) is 0 Å². The van der Waals surface area contributed by atoms with E-state index in [1.807, 2.05) is 18.7 Å². The predicted octanol–water partition coefficient (Wildman–Crippen LogP) is -0.588. The van der Waals surface area contributed by atoms with Crippen molar-refractivity contribution in [2.75, 3.05) is 36.6 Å². The fourth-order valence-electron chi connectivity index (χ4n) is 2.24. The quantitative estimate of drug-likeness (QED) is 0.500. The lowest BCUT2D eigenvalue weighted by Gasteiger charge is -2.36. The van der Waals surface area contributed by atoms with Crippen LogP contribution in [0.1, 0.15) is 12.5 Å². The number of rotatable bonds is 4. The fraction of sp³-hybridized carbons (Fsp3) is 0.583. The first kappa shape index (κ1) is 14.5. The molecule has 0 spiro atoms. The zero-order valence-corrected chi connectivity index (χ0v) is 11.7. The van der Waals surface area contributed by atoms with E-state index in [9.17, 15) is 4.79 Å². The van der Waals surface area contributed by atoms with Gasteiger partial charge in [-0.25, -0.2) is 15.8 Å². The number of carbonyl (C=O) groups excluding carboxylic acids is 1. The molecule has 2 rings (SSSR count). The van der Waals surface area contributed by atoms with Crippen LogP contribution in [0.3, 0.4) is 0 Å². The lowest BCUT2D eigenvalue weighted by atomic mass is 10.1. The largest absolute Gasteiger partial charge is 0.377 e. The maximum absolute atomic E-state index is 12.1. The molecule has 1 amide bonds. The molecule has 0 radical (unpaired) electrons. The number of nitrogens with one attached hydrogen (secondary N) is 2. The third kappa shape index (κ3) is 2.81. The molecule has 0 bridgehead atoms. The van der Waals surface area contributed by atoms with Crippen LogP contribution in [-0.4, -0.2) is 48.2 Å². The van der Waals surface area contributed by atoms with Crippen LogP contribution in [0.15, 0.2) is 6.33 Å². The molecule has 2 heterocycles. The van der Waals surface area contributed by atoms with Crippen molar-refractivity contribution in [3.8, 4) is 0 Å². The molecule has 1 fully saturated rings. The molecule has 1 aromatic heterocycles. The molecule has 1 aliphatic rings. The smallest absolute Gasteiger partial charge is 0.245 e. The van der Waals surface area contributed by atoms with Gasteiger partial charge in [-0.2, -0.15) is 0 Å². The minimum Gasteiger partial charge on any atom is -0.377 e. The number of hydrazine groups is 1. The molecule has 0 saturated carbocycles. The molecule has 1 atom stereocenters. The van der Waals surface area contributed by atoms with Crippen LogP contribution in [-0.2, 0) is 9.53 Å². The third-order valence-corrected chi connectivity index (χ3v) is 3.25. The molecule has 1 saturated heterocycles. The summed E-state index contributed by atoms with van der Waals surface area (Å²) in [4.78, 5) is 22.4. The van der Waals surface area contributed by atoms with Crippen molar-refractivity contribution in [2.24, 2.45) is 5.84 Å². The van der Waals surface area contributed by atoms with Gasteiger partial charge < -0.3 is 20.4 Å². The van der Waals surface area contributed by atoms with Gasteiger partial charge in [0, 0.05) is 18.7 Å². The van der Waals surface area contributed by atoms with E-state index in [0.29, 0.717) is 37.9 Å². The molecule has 1 aromatic rings. The fourth-order valence-corrected chi connectivity index (χ4v) is 2.24. The Hall–Kier alpha value is -1.93. The molecule has 8 nitrogen and oxygen atoms in total. The van der Waals surface area contributed by atoms with E-state index in [0.717, 1.165) is 5.56 Å². The van der Waals surface area contributed by atoms with Crippen LogP contribution in [0, 0.1) is 6.92 Å². The highest BCUT2D eigenvalue weighted by Crippen LogP contribution is 2.24. The van der Waals surface area contributed by atoms with Gasteiger partial charge in [0.1, 0.15) is 24.0 Å². The Bertz CT molecular complexity index is 481. The Morgan fingerprint density at radius 2 is 2.40 bits per heavy atom. The topological polar surface area (TPSA) is 105 Å². The van der Waals surface area contributed by atoms with Gasteiger partial charge in [0.2, 0.25) is 5.91 Å². The van der Waals surface area contributed by atoms with Crippen molar-refractivity contribution in [3.63, 3.8) is 0 Å². The van der Waals surface area contributed by atoms with Crippen LogP contribution < -0.4 is 21.5 Å². The molecule has 1 unspecified atom stereocenters. The highest BCUT2D eigenvalue weighted by atomic mass is 16.5. The summed E-state index contributed by atoms with van der Waals surface area (Å²) in [5.74, 6) is 6.62. The number of nitrogen functional groups attached to an aromatic ring is 1. The first-order chi connectivity index (χ1) is 9.69. The summed E-state index contributed by atoms with van der Waals surface area (Å²) < 4.78 is 5.41. The third-order valence-electron chi connectivity index (χ3n) is 3.25. The van der Waals surface area contributed by atoms with Crippen molar-refractivity contribution in [2.45, 2.75) is 19.9 Å². The summed E-state index contributed by atoms with van der Waals surface area (Å²) in [6, 6.07) is -0.386. The van der Waals surface area contributed by atoms with E-state index in [4.69, 9.17) is 10.6 Å². The monoisotopic (exact) mass is 280 g/mol. The molecular weight excluding hydrogens is 260 g/mol. The number of ether oxygens (including phenoxy) is 1. The maximum Gasteiger partial charge on any atom is 0.245 e. The Morgan fingerprint density at radius 3 is 3.10 bits per heavy atom. The first-order valence-electron chi connectivity index (χ1n) is 6.59. The number of hydrogen-bond acceptors (Lipinski definition) is 7. The molecule has 4 N–H and O–H groups in total. The molecule has 110 valence electrons. The summed E-state index contributed by atoms with van der Waals surface area (Å²) in [6.45, 7) is 5.85. The Morgan fingerprint density at radius 1 is 1.60 bits per heavy atom. The number of nitrogens with zero attached hydrogens (tertiary/aromatic N) is 3. The summed E-state index contributed by atoms with van der Waals surface area (Å²) in [5, 5.41) is 2.82. The zero-order chi connectivity index (χ0) is 14.5. The number of carbonyl (C=O) groups is 1. The van der Waals surface area contributed by atoms with Crippen LogP contribution >= 0.6 is 0 Å². The molecular formula is C12H20N6O2. The van der Waals surface area contributed by atoms with Gasteiger partial charge in [-0.3, -0.25) is 4.79 Å². The summed E-state index contributed by atoms with van der Waals surface area (Å²) in [5.41, 5.74) is 3.35. The molecule has 1 aliphatic heterocycles. The minimum atomic E-state index is -0.386.